The van der Waals surface area contributed by atoms with Crippen LogP contribution in [0.15, 0.2) is 24.4 Å². The Labute approximate surface area is 110 Å². The van der Waals surface area contributed by atoms with Gasteiger partial charge in [-0.25, -0.2) is 8.42 Å². The van der Waals surface area contributed by atoms with E-state index >= 15 is 0 Å². The van der Waals surface area contributed by atoms with Gasteiger partial charge in [0.15, 0.2) is 15.6 Å². The lowest BCUT2D eigenvalue weighted by Gasteiger charge is -2.07. The highest BCUT2D eigenvalue weighted by Crippen LogP contribution is 2.24. The van der Waals surface area contributed by atoms with Gasteiger partial charge in [-0.3, -0.25) is 4.79 Å². The number of ketones is 1. The van der Waals surface area contributed by atoms with Crippen molar-refractivity contribution < 1.29 is 13.2 Å². The topological polar surface area (TPSA) is 67.0 Å². The molecule has 1 aromatic carbocycles. The van der Waals surface area contributed by atoms with Crippen molar-refractivity contribution in [3.8, 4) is 0 Å². The first-order valence-corrected chi connectivity index (χ1v) is 7.63. The molecule has 1 N–H and O–H groups in total. The first-order chi connectivity index (χ1) is 8.30. The Morgan fingerprint density at radius 1 is 1.39 bits per heavy atom. The minimum absolute atomic E-state index is 0.375. The van der Waals surface area contributed by atoms with E-state index in [4.69, 9.17) is 11.6 Å². The van der Waals surface area contributed by atoms with E-state index in [9.17, 15) is 13.2 Å². The summed E-state index contributed by atoms with van der Waals surface area (Å²) in [5.74, 6) is -0.411. The number of Topliss-reactive ketones (excluding diaryl/α,β-unsaturated/α-hetero) is 1. The Kier molecular flexibility index (Phi) is 3.21. The highest BCUT2D eigenvalue weighted by atomic mass is 35.5. The quantitative estimate of drug-likeness (QED) is 0.881. The lowest BCUT2D eigenvalue weighted by Crippen LogP contribution is -2.26. The van der Waals surface area contributed by atoms with Crippen molar-refractivity contribution in [3.63, 3.8) is 0 Å². The maximum Gasteiger partial charge on any atom is 0.182 e. The van der Waals surface area contributed by atoms with Crippen LogP contribution in [0.25, 0.3) is 10.9 Å². The summed E-state index contributed by atoms with van der Waals surface area (Å²) in [5, 5.41) is 0.187. The molecule has 2 aromatic rings. The Morgan fingerprint density at radius 3 is 2.67 bits per heavy atom. The van der Waals surface area contributed by atoms with Gasteiger partial charge in [-0.05, 0) is 19.1 Å². The third-order valence-corrected chi connectivity index (χ3v) is 4.65. The highest BCUT2D eigenvalue weighted by Gasteiger charge is 2.26. The van der Waals surface area contributed by atoms with Crippen molar-refractivity contribution in [2.24, 2.45) is 0 Å². The van der Waals surface area contributed by atoms with Crippen LogP contribution in [0, 0.1) is 0 Å². The van der Waals surface area contributed by atoms with E-state index in [1.807, 2.05) is 0 Å². The lowest BCUT2D eigenvalue weighted by atomic mass is 10.1. The van der Waals surface area contributed by atoms with Crippen LogP contribution in [0.5, 0.6) is 0 Å². The molecule has 0 radical (unpaired) electrons. The molecule has 0 spiro atoms. The lowest BCUT2D eigenvalue weighted by molar-refractivity contribution is 0.0993. The van der Waals surface area contributed by atoms with Crippen LogP contribution in [0.4, 0.5) is 0 Å². The fourth-order valence-corrected chi connectivity index (χ4v) is 2.40. The summed E-state index contributed by atoms with van der Waals surface area (Å²) in [6, 6.07) is 5.06. The zero-order valence-corrected chi connectivity index (χ0v) is 11.5. The number of hydrogen-bond acceptors (Lipinski definition) is 3. The molecule has 18 heavy (non-hydrogen) atoms. The van der Waals surface area contributed by atoms with Crippen LogP contribution in [-0.4, -0.2) is 30.7 Å². The number of fused-ring (bicyclic) bond motifs is 1. The molecule has 0 saturated heterocycles. The van der Waals surface area contributed by atoms with Crippen LogP contribution >= 0.6 is 11.6 Å². The fourth-order valence-electron chi connectivity index (χ4n) is 1.72. The van der Waals surface area contributed by atoms with Gasteiger partial charge in [0.1, 0.15) is 5.25 Å². The normalized spacial score (nSPS) is 13.7. The van der Waals surface area contributed by atoms with Crippen molar-refractivity contribution in [3.05, 3.63) is 35.0 Å². The summed E-state index contributed by atoms with van der Waals surface area (Å²) in [4.78, 5) is 15.0. The van der Waals surface area contributed by atoms with E-state index in [2.05, 4.69) is 4.98 Å². The molecule has 96 valence electrons. The highest BCUT2D eigenvalue weighted by molar-refractivity contribution is 7.92. The number of H-pyrrole nitrogens is 1. The van der Waals surface area contributed by atoms with E-state index in [0.717, 1.165) is 6.26 Å². The zero-order chi connectivity index (χ0) is 13.5. The molecule has 0 aliphatic carbocycles. The molecule has 0 fully saturated rings. The largest absolute Gasteiger partial charge is 0.360 e. The summed E-state index contributed by atoms with van der Waals surface area (Å²) in [5.41, 5.74) is 1.09. The van der Waals surface area contributed by atoms with E-state index in [1.165, 1.54) is 13.1 Å². The van der Waals surface area contributed by atoms with Gasteiger partial charge >= 0.3 is 0 Å². The Hall–Kier alpha value is -1.33. The van der Waals surface area contributed by atoms with Crippen LogP contribution < -0.4 is 0 Å². The smallest absolute Gasteiger partial charge is 0.182 e. The maximum absolute atomic E-state index is 12.1. The number of benzene rings is 1. The summed E-state index contributed by atoms with van der Waals surface area (Å²) >= 11 is 5.84. The first-order valence-electron chi connectivity index (χ1n) is 5.30. The van der Waals surface area contributed by atoms with E-state index < -0.39 is 20.9 Å². The average Bonchev–Trinajstić information content (AvgIpc) is 2.68. The number of hydrogen-bond donors (Lipinski definition) is 1. The number of rotatable bonds is 3. The van der Waals surface area contributed by atoms with Crippen molar-refractivity contribution >= 4 is 38.1 Å². The van der Waals surface area contributed by atoms with Gasteiger partial charge in [0, 0.05) is 33.9 Å². The number of aromatic amines is 1. The minimum atomic E-state index is -3.39. The van der Waals surface area contributed by atoms with E-state index in [-0.39, 0.29) is 0 Å². The van der Waals surface area contributed by atoms with Gasteiger partial charge in [0.2, 0.25) is 0 Å². The molecular weight excluding hydrogens is 274 g/mol. The molecule has 1 atom stereocenters. The fraction of sp³-hybridized carbons (Fsp3) is 0.250. The summed E-state index contributed by atoms with van der Waals surface area (Å²) in [7, 11) is -3.39. The molecule has 0 bridgehead atoms. The van der Waals surface area contributed by atoms with Crippen molar-refractivity contribution in [2.45, 2.75) is 12.2 Å². The Morgan fingerprint density at radius 2 is 2.06 bits per heavy atom. The molecular formula is C12H12ClNO3S. The van der Waals surface area contributed by atoms with E-state index in [0.29, 0.717) is 21.5 Å². The standard InChI is InChI=1S/C12H12ClNO3S/c1-7(18(2,16)17)12(15)10-6-14-11-5-8(13)3-4-9(10)11/h3-7,14H,1-2H3. The van der Waals surface area contributed by atoms with Crippen LogP contribution in [0.3, 0.4) is 0 Å². The summed E-state index contributed by atoms with van der Waals surface area (Å²) < 4.78 is 22.8. The number of sulfone groups is 1. The molecule has 1 aromatic heterocycles. The molecule has 6 heteroatoms. The summed E-state index contributed by atoms with van der Waals surface area (Å²) in [6.45, 7) is 1.40. The second-order valence-corrected chi connectivity index (χ2v) is 7.03. The minimum Gasteiger partial charge on any atom is -0.360 e. The maximum atomic E-state index is 12.1. The van der Waals surface area contributed by atoms with Crippen LogP contribution in [-0.2, 0) is 9.84 Å². The number of carbonyl (C=O) groups is 1. The van der Waals surface area contributed by atoms with Gasteiger partial charge in [-0.15, -0.1) is 0 Å². The van der Waals surface area contributed by atoms with Crippen molar-refractivity contribution in [2.75, 3.05) is 6.26 Å². The second-order valence-electron chi connectivity index (χ2n) is 4.23. The van der Waals surface area contributed by atoms with Gasteiger partial charge in [-0.2, -0.15) is 0 Å². The number of halogens is 1. The van der Waals surface area contributed by atoms with Crippen LogP contribution in [0.2, 0.25) is 5.02 Å². The van der Waals surface area contributed by atoms with Gasteiger partial charge in [0.25, 0.3) is 0 Å². The third kappa shape index (κ3) is 2.28. The van der Waals surface area contributed by atoms with Gasteiger partial charge < -0.3 is 4.98 Å². The van der Waals surface area contributed by atoms with Gasteiger partial charge in [-0.1, -0.05) is 17.7 Å². The van der Waals surface area contributed by atoms with Gasteiger partial charge in [0.05, 0.1) is 0 Å². The Balaban J connectivity index is 2.53. The second kappa shape index (κ2) is 4.40. The van der Waals surface area contributed by atoms with Crippen molar-refractivity contribution in [1.82, 2.24) is 4.98 Å². The molecule has 0 aliphatic rings. The molecule has 0 amide bonds. The average molecular weight is 286 g/mol. The SMILES string of the molecule is CC(C(=O)c1c[nH]c2cc(Cl)ccc12)S(C)(=O)=O. The van der Waals surface area contributed by atoms with Crippen molar-refractivity contribution in [1.29, 1.82) is 0 Å². The van der Waals surface area contributed by atoms with E-state index in [1.54, 1.807) is 18.2 Å². The number of aromatic nitrogens is 1. The van der Waals surface area contributed by atoms with Crippen LogP contribution in [0.1, 0.15) is 17.3 Å². The zero-order valence-electron chi connectivity index (χ0n) is 9.90. The molecule has 0 aliphatic heterocycles. The predicted octanol–water partition coefficient (Wildman–Crippen LogP) is 2.44. The summed E-state index contributed by atoms with van der Waals surface area (Å²) in [6.07, 6.45) is 2.58. The number of nitrogens with one attached hydrogen (secondary N) is 1. The number of carbonyl (C=O) groups excluding carboxylic acids is 1. The third-order valence-electron chi connectivity index (χ3n) is 2.92. The molecule has 0 saturated carbocycles. The Bertz CT molecular complexity index is 718. The predicted molar refractivity (Wildman–Crippen MR) is 71.9 cm³/mol. The molecule has 1 heterocycles. The first kappa shape index (κ1) is 13.1. The molecule has 4 nitrogen and oxygen atoms in total. The molecule has 2 rings (SSSR count). The molecule has 1 unspecified atom stereocenters. The monoisotopic (exact) mass is 285 g/mol.